The highest BCUT2D eigenvalue weighted by Crippen LogP contribution is 2.27. The van der Waals surface area contributed by atoms with Gasteiger partial charge in [0.25, 0.3) is 11.7 Å². The summed E-state index contributed by atoms with van der Waals surface area (Å²) in [6.45, 7) is 0. The third-order valence-electron chi connectivity index (χ3n) is 2.12. The van der Waals surface area contributed by atoms with Crippen molar-refractivity contribution < 1.29 is 9.59 Å². The molecule has 1 aromatic rings. The van der Waals surface area contributed by atoms with Gasteiger partial charge in [-0.2, -0.15) is 5.26 Å². The average molecular weight is 198 g/mol. The second-order valence-electron chi connectivity index (χ2n) is 3.02. The predicted octanol–water partition coefficient (Wildman–Crippen LogP) is 1.36. The first kappa shape index (κ1) is 9.16. The van der Waals surface area contributed by atoms with Crippen molar-refractivity contribution >= 4 is 23.5 Å². The standard InChI is InChI=1S/C11H6N2O2/c12-6-2-4-7-3-1-5-8-9(7)13-11(15)10(8)14/h1-5H,(H,13,14,15). The highest BCUT2D eigenvalue weighted by molar-refractivity contribution is 6.52. The van der Waals surface area contributed by atoms with Crippen LogP contribution in [0.15, 0.2) is 24.3 Å². The molecule has 0 saturated heterocycles. The van der Waals surface area contributed by atoms with Gasteiger partial charge in [0.15, 0.2) is 0 Å². The Balaban J connectivity index is 2.55. The molecule has 0 fully saturated rings. The Labute approximate surface area is 85.8 Å². The Morgan fingerprint density at radius 1 is 1.33 bits per heavy atom. The number of allylic oxidation sites excluding steroid dienone is 1. The summed E-state index contributed by atoms with van der Waals surface area (Å²) in [5, 5.41) is 10.9. The van der Waals surface area contributed by atoms with Gasteiger partial charge in [0.1, 0.15) is 0 Å². The molecule has 0 unspecified atom stereocenters. The lowest BCUT2D eigenvalue weighted by atomic mass is 10.1. The lowest BCUT2D eigenvalue weighted by Crippen LogP contribution is -2.12. The molecule has 4 nitrogen and oxygen atoms in total. The van der Waals surface area contributed by atoms with Crippen molar-refractivity contribution in [2.24, 2.45) is 0 Å². The van der Waals surface area contributed by atoms with E-state index in [1.54, 1.807) is 24.3 Å². The van der Waals surface area contributed by atoms with Crippen LogP contribution in [0.4, 0.5) is 5.69 Å². The van der Waals surface area contributed by atoms with Crippen LogP contribution in [0.1, 0.15) is 15.9 Å². The van der Waals surface area contributed by atoms with E-state index < -0.39 is 11.7 Å². The van der Waals surface area contributed by atoms with Crippen LogP contribution in [-0.4, -0.2) is 11.7 Å². The van der Waals surface area contributed by atoms with Gasteiger partial charge in [-0.25, -0.2) is 0 Å². The van der Waals surface area contributed by atoms with Crippen molar-refractivity contribution in [3.8, 4) is 6.07 Å². The molecule has 0 atom stereocenters. The molecular weight excluding hydrogens is 192 g/mol. The normalized spacial score (nSPS) is 13.8. The third kappa shape index (κ3) is 1.40. The molecule has 1 aliphatic heterocycles. The van der Waals surface area contributed by atoms with Gasteiger partial charge in [-0.05, 0) is 17.7 Å². The summed E-state index contributed by atoms with van der Waals surface area (Å²) in [6.07, 6.45) is 2.85. The zero-order chi connectivity index (χ0) is 10.8. The molecule has 4 heteroatoms. The van der Waals surface area contributed by atoms with Crippen LogP contribution >= 0.6 is 0 Å². The Kier molecular flexibility index (Phi) is 2.07. The summed E-state index contributed by atoms with van der Waals surface area (Å²) in [5.74, 6) is -1.15. The molecule has 15 heavy (non-hydrogen) atoms. The van der Waals surface area contributed by atoms with E-state index in [2.05, 4.69) is 5.32 Å². The molecule has 1 N–H and O–H groups in total. The van der Waals surface area contributed by atoms with E-state index in [0.29, 0.717) is 16.8 Å². The number of anilines is 1. The number of fused-ring (bicyclic) bond motifs is 1. The highest BCUT2D eigenvalue weighted by Gasteiger charge is 2.28. The zero-order valence-electron chi connectivity index (χ0n) is 7.65. The summed E-state index contributed by atoms with van der Waals surface area (Å²) < 4.78 is 0. The second kappa shape index (κ2) is 3.39. The lowest BCUT2D eigenvalue weighted by Gasteiger charge is -2.00. The summed E-state index contributed by atoms with van der Waals surface area (Å²) in [5.41, 5.74) is 1.51. The topological polar surface area (TPSA) is 70.0 Å². The van der Waals surface area contributed by atoms with E-state index in [4.69, 9.17) is 5.26 Å². The number of hydrogen-bond acceptors (Lipinski definition) is 3. The van der Waals surface area contributed by atoms with Gasteiger partial charge in [-0.15, -0.1) is 0 Å². The number of nitrogens with one attached hydrogen (secondary N) is 1. The number of amides is 1. The SMILES string of the molecule is N#CC=Cc1cccc2c1NC(=O)C2=O. The molecule has 1 aliphatic rings. The maximum atomic E-state index is 11.3. The molecule has 72 valence electrons. The quantitative estimate of drug-likeness (QED) is 0.547. The molecule has 0 aromatic heterocycles. The minimum Gasteiger partial charge on any atom is -0.318 e. The summed E-state index contributed by atoms with van der Waals surface area (Å²) in [6, 6.07) is 6.84. The van der Waals surface area contributed by atoms with Crippen molar-refractivity contribution in [1.29, 1.82) is 5.26 Å². The number of rotatable bonds is 1. The number of ketones is 1. The fraction of sp³-hybridized carbons (Fsp3) is 0. The van der Waals surface area contributed by atoms with Gasteiger partial charge in [-0.1, -0.05) is 12.1 Å². The van der Waals surface area contributed by atoms with Gasteiger partial charge in [0.2, 0.25) is 0 Å². The van der Waals surface area contributed by atoms with Gasteiger partial charge >= 0.3 is 0 Å². The maximum Gasteiger partial charge on any atom is 0.296 e. The van der Waals surface area contributed by atoms with Crippen LogP contribution < -0.4 is 5.32 Å². The first-order valence-electron chi connectivity index (χ1n) is 4.29. The number of carbonyl (C=O) groups is 2. The molecule has 1 amide bonds. The van der Waals surface area contributed by atoms with Crippen LogP contribution in [0.5, 0.6) is 0 Å². The molecule has 0 bridgehead atoms. The predicted molar refractivity (Wildman–Crippen MR) is 54.0 cm³/mol. The maximum absolute atomic E-state index is 11.3. The van der Waals surface area contributed by atoms with Gasteiger partial charge in [0.05, 0.1) is 17.3 Å². The van der Waals surface area contributed by atoms with Crippen molar-refractivity contribution in [3.63, 3.8) is 0 Å². The summed E-state index contributed by atoms with van der Waals surface area (Å²) in [7, 11) is 0. The number of para-hydroxylation sites is 1. The molecule has 0 aliphatic carbocycles. The minimum atomic E-state index is -0.622. The second-order valence-corrected chi connectivity index (χ2v) is 3.02. The largest absolute Gasteiger partial charge is 0.318 e. The Morgan fingerprint density at radius 3 is 2.87 bits per heavy atom. The third-order valence-corrected chi connectivity index (χ3v) is 2.12. The van der Waals surface area contributed by atoms with E-state index >= 15 is 0 Å². The van der Waals surface area contributed by atoms with Crippen LogP contribution in [0.25, 0.3) is 6.08 Å². The first-order valence-corrected chi connectivity index (χ1v) is 4.29. The number of carbonyl (C=O) groups excluding carboxylic acids is 2. The van der Waals surface area contributed by atoms with E-state index in [9.17, 15) is 9.59 Å². The van der Waals surface area contributed by atoms with Gasteiger partial charge in [-0.3, -0.25) is 9.59 Å². The highest BCUT2D eigenvalue weighted by atomic mass is 16.2. The number of nitriles is 1. The number of hydrogen-bond donors (Lipinski definition) is 1. The molecule has 2 rings (SSSR count). The molecule has 0 saturated carbocycles. The van der Waals surface area contributed by atoms with E-state index in [-0.39, 0.29) is 0 Å². The molecular formula is C11H6N2O2. The monoisotopic (exact) mass is 198 g/mol. The molecule has 0 spiro atoms. The van der Waals surface area contributed by atoms with Crippen molar-refractivity contribution in [1.82, 2.24) is 0 Å². The van der Waals surface area contributed by atoms with Crippen LogP contribution in [0.3, 0.4) is 0 Å². The van der Waals surface area contributed by atoms with Crippen molar-refractivity contribution in [3.05, 3.63) is 35.4 Å². The van der Waals surface area contributed by atoms with E-state index in [0.717, 1.165) is 0 Å². The van der Waals surface area contributed by atoms with Crippen LogP contribution in [-0.2, 0) is 4.79 Å². The smallest absolute Gasteiger partial charge is 0.296 e. The van der Waals surface area contributed by atoms with Gasteiger partial charge in [0, 0.05) is 6.08 Å². The molecule has 1 heterocycles. The van der Waals surface area contributed by atoms with Crippen LogP contribution in [0.2, 0.25) is 0 Å². The molecule has 0 radical (unpaired) electrons. The van der Waals surface area contributed by atoms with Gasteiger partial charge < -0.3 is 5.32 Å². The fourth-order valence-electron chi connectivity index (χ4n) is 1.46. The summed E-state index contributed by atoms with van der Waals surface area (Å²) >= 11 is 0. The van der Waals surface area contributed by atoms with Crippen LogP contribution in [0, 0.1) is 11.3 Å². The van der Waals surface area contributed by atoms with E-state index in [1.165, 1.54) is 6.08 Å². The fourth-order valence-corrected chi connectivity index (χ4v) is 1.46. The molecule has 1 aromatic carbocycles. The Morgan fingerprint density at radius 2 is 2.13 bits per heavy atom. The van der Waals surface area contributed by atoms with Crippen molar-refractivity contribution in [2.75, 3.05) is 5.32 Å². The zero-order valence-corrected chi connectivity index (χ0v) is 7.65. The first-order chi connectivity index (χ1) is 7.24. The minimum absolute atomic E-state index is 0.361. The van der Waals surface area contributed by atoms with Crippen molar-refractivity contribution in [2.45, 2.75) is 0 Å². The number of nitrogens with zero attached hydrogens (tertiary/aromatic N) is 1. The number of Topliss-reactive ketones (excluding diaryl/α,β-unsaturated/α-hetero) is 1. The van der Waals surface area contributed by atoms with E-state index in [1.807, 2.05) is 6.07 Å². The Bertz CT molecular complexity index is 524. The lowest BCUT2D eigenvalue weighted by molar-refractivity contribution is -0.112. The summed E-state index contributed by atoms with van der Waals surface area (Å²) in [4.78, 5) is 22.4. The average Bonchev–Trinajstić information content (AvgIpc) is 2.53. The Hall–Kier alpha value is -2.41. The number of benzene rings is 1.